The number of aliphatic carboxylic acids is 1. The van der Waals surface area contributed by atoms with Gasteiger partial charge in [0.1, 0.15) is 6.04 Å². The highest BCUT2D eigenvalue weighted by atomic mass is 16.4. The molecule has 1 fully saturated rings. The molecule has 0 aliphatic carbocycles. The number of carbonyl (C=O) groups is 3. The van der Waals surface area contributed by atoms with Gasteiger partial charge in [0.25, 0.3) is 0 Å². The number of unbranched alkanes of at least 4 members (excludes halogenated alkanes) is 1. The lowest BCUT2D eigenvalue weighted by Crippen LogP contribution is -2.52. The molecular formula is C12H19NO4. The lowest BCUT2D eigenvalue weighted by molar-refractivity contribution is -0.161. The molecule has 0 aromatic heterocycles. The number of imide groups is 1. The molecule has 5 nitrogen and oxygen atoms in total. The first-order valence-electron chi connectivity index (χ1n) is 6.05. The second-order valence-corrected chi connectivity index (χ2v) is 4.67. The van der Waals surface area contributed by atoms with Crippen molar-refractivity contribution >= 4 is 17.8 Å². The standard InChI is InChI=1S/C12H19NO4/c1-3-4-5-9(12(16)17)13-10(14)6-8(2)7-11(13)15/h8-9H,3-7H2,1-2H3,(H,16,17). The second-order valence-electron chi connectivity index (χ2n) is 4.67. The topological polar surface area (TPSA) is 74.7 Å². The van der Waals surface area contributed by atoms with Gasteiger partial charge in [-0.25, -0.2) is 4.79 Å². The molecule has 17 heavy (non-hydrogen) atoms. The molecule has 2 amide bonds. The highest BCUT2D eigenvalue weighted by Gasteiger charge is 2.38. The first kappa shape index (κ1) is 13.7. The average molecular weight is 241 g/mol. The van der Waals surface area contributed by atoms with Gasteiger partial charge in [-0.05, 0) is 12.3 Å². The van der Waals surface area contributed by atoms with E-state index in [9.17, 15) is 14.4 Å². The van der Waals surface area contributed by atoms with Gasteiger partial charge in [-0.15, -0.1) is 0 Å². The van der Waals surface area contributed by atoms with E-state index in [4.69, 9.17) is 5.11 Å². The maximum Gasteiger partial charge on any atom is 0.326 e. The van der Waals surface area contributed by atoms with Crippen molar-refractivity contribution in [3.05, 3.63) is 0 Å². The molecule has 0 radical (unpaired) electrons. The summed E-state index contributed by atoms with van der Waals surface area (Å²) in [5.74, 6) is -1.77. The Bertz CT molecular complexity index is 308. The van der Waals surface area contributed by atoms with E-state index in [2.05, 4.69) is 0 Å². The molecule has 0 aromatic rings. The summed E-state index contributed by atoms with van der Waals surface area (Å²) in [6, 6.07) is -0.984. The molecular weight excluding hydrogens is 222 g/mol. The van der Waals surface area contributed by atoms with E-state index in [-0.39, 0.29) is 30.6 Å². The minimum atomic E-state index is -1.09. The Balaban J connectivity index is 2.81. The van der Waals surface area contributed by atoms with Crippen molar-refractivity contribution in [3.8, 4) is 0 Å². The highest BCUT2D eigenvalue weighted by molar-refractivity contribution is 6.01. The Morgan fingerprint density at radius 2 is 1.94 bits per heavy atom. The molecule has 1 rings (SSSR count). The summed E-state index contributed by atoms with van der Waals surface area (Å²) in [5, 5.41) is 9.11. The fraction of sp³-hybridized carbons (Fsp3) is 0.750. The van der Waals surface area contributed by atoms with Crippen LogP contribution in [0.5, 0.6) is 0 Å². The molecule has 0 aromatic carbocycles. The van der Waals surface area contributed by atoms with Gasteiger partial charge in [0.2, 0.25) is 11.8 Å². The largest absolute Gasteiger partial charge is 0.480 e. The smallest absolute Gasteiger partial charge is 0.326 e. The highest BCUT2D eigenvalue weighted by Crippen LogP contribution is 2.23. The van der Waals surface area contributed by atoms with Gasteiger partial charge in [0.05, 0.1) is 0 Å². The van der Waals surface area contributed by atoms with E-state index in [0.29, 0.717) is 12.8 Å². The van der Waals surface area contributed by atoms with Gasteiger partial charge < -0.3 is 5.11 Å². The second kappa shape index (κ2) is 5.80. The number of hydrogen-bond donors (Lipinski definition) is 1. The monoisotopic (exact) mass is 241 g/mol. The Morgan fingerprint density at radius 3 is 2.35 bits per heavy atom. The van der Waals surface area contributed by atoms with E-state index < -0.39 is 12.0 Å². The number of rotatable bonds is 5. The minimum Gasteiger partial charge on any atom is -0.480 e. The number of piperidine rings is 1. The van der Waals surface area contributed by atoms with Crippen molar-refractivity contribution in [3.63, 3.8) is 0 Å². The molecule has 1 heterocycles. The number of carbonyl (C=O) groups excluding carboxylic acids is 2. The van der Waals surface area contributed by atoms with Crippen LogP contribution in [-0.4, -0.2) is 33.8 Å². The van der Waals surface area contributed by atoms with Crippen LogP contribution in [0.4, 0.5) is 0 Å². The van der Waals surface area contributed by atoms with E-state index in [1.807, 2.05) is 13.8 Å². The maximum absolute atomic E-state index is 11.8. The van der Waals surface area contributed by atoms with E-state index >= 15 is 0 Å². The third-order valence-electron chi connectivity index (χ3n) is 3.01. The summed E-state index contributed by atoms with van der Waals surface area (Å²) in [7, 11) is 0. The first-order chi connectivity index (χ1) is 7.97. The first-order valence-corrected chi connectivity index (χ1v) is 6.05. The number of amides is 2. The van der Waals surface area contributed by atoms with Gasteiger partial charge >= 0.3 is 5.97 Å². The molecule has 5 heteroatoms. The van der Waals surface area contributed by atoms with Crippen LogP contribution in [-0.2, 0) is 14.4 Å². The zero-order valence-electron chi connectivity index (χ0n) is 10.3. The Hall–Kier alpha value is -1.39. The maximum atomic E-state index is 11.8. The summed E-state index contributed by atoms with van der Waals surface area (Å²) in [5.41, 5.74) is 0. The molecule has 1 aliphatic rings. The van der Waals surface area contributed by atoms with Crippen LogP contribution in [0.1, 0.15) is 46.0 Å². The quantitative estimate of drug-likeness (QED) is 0.738. The SMILES string of the molecule is CCCCC(C(=O)O)N1C(=O)CC(C)CC1=O. The van der Waals surface area contributed by atoms with Gasteiger partial charge in [-0.2, -0.15) is 0 Å². The molecule has 1 atom stereocenters. The van der Waals surface area contributed by atoms with Gasteiger partial charge in [0.15, 0.2) is 0 Å². The van der Waals surface area contributed by atoms with Crippen LogP contribution < -0.4 is 0 Å². The van der Waals surface area contributed by atoms with Crippen LogP contribution in [0, 0.1) is 5.92 Å². The summed E-state index contributed by atoms with van der Waals surface area (Å²) in [6.07, 6.45) is 2.42. The lowest BCUT2D eigenvalue weighted by atomic mass is 9.95. The summed E-state index contributed by atoms with van der Waals surface area (Å²) in [4.78, 5) is 35.6. The third-order valence-corrected chi connectivity index (χ3v) is 3.01. The van der Waals surface area contributed by atoms with Crippen LogP contribution >= 0.6 is 0 Å². The van der Waals surface area contributed by atoms with Crippen molar-refractivity contribution in [2.75, 3.05) is 0 Å². The Kier molecular flexibility index (Phi) is 4.66. The molecule has 96 valence electrons. The molecule has 0 bridgehead atoms. The van der Waals surface area contributed by atoms with Gasteiger partial charge in [0, 0.05) is 12.8 Å². The van der Waals surface area contributed by atoms with Crippen molar-refractivity contribution in [2.24, 2.45) is 5.92 Å². The van der Waals surface area contributed by atoms with Crippen molar-refractivity contribution < 1.29 is 19.5 Å². The fourth-order valence-corrected chi connectivity index (χ4v) is 2.11. The molecule has 0 spiro atoms. The van der Waals surface area contributed by atoms with Crippen LogP contribution in [0.25, 0.3) is 0 Å². The average Bonchev–Trinajstić information content (AvgIpc) is 2.20. The van der Waals surface area contributed by atoms with Crippen LogP contribution in [0.2, 0.25) is 0 Å². The molecule has 1 aliphatic heterocycles. The molecule has 1 N–H and O–H groups in total. The number of nitrogens with zero attached hydrogens (tertiary/aromatic N) is 1. The van der Waals surface area contributed by atoms with E-state index in [0.717, 1.165) is 11.3 Å². The van der Waals surface area contributed by atoms with Crippen molar-refractivity contribution in [1.82, 2.24) is 4.90 Å². The van der Waals surface area contributed by atoms with E-state index in [1.165, 1.54) is 0 Å². The predicted molar refractivity (Wildman–Crippen MR) is 61.2 cm³/mol. The van der Waals surface area contributed by atoms with Crippen LogP contribution in [0.3, 0.4) is 0 Å². The number of carboxylic acid groups (broad SMARTS) is 1. The molecule has 1 unspecified atom stereocenters. The minimum absolute atomic E-state index is 0.0203. The van der Waals surface area contributed by atoms with Crippen molar-refractivity contribution in [2.45, 2.75) is 52.0 Å². The summed E-state index contributed by atoms with van der Waals surface area (Å²) < 4.78 is 0. The predicted octanol–water partition coefficient (Wildman–Crippen LogP) is 1.41. The van der Waals surface area contributed by atoms with Crippen molar-refractivity contribution in [1.29, 1.82) is 0 Å². The zero-order chi connectivity index (χ0) is 13.0. The Morgan fingerprint density at radius 1 is 1.41 bits per heavy atom. The molecule has 0 saturated carbocycles. The molecule has 1 saturated heterocycles. The number of carboxylic acids is 1. The third kappa shape index (κ3) is 3.28. The van der Waals surface area contributed by atoms with Crippen LogP contribution in [0.15, 0.2) is 0 Å². The zero-order valence-corrected chi connectivity index (χ0v) is 10.3. The Labute approximate surface area is 101 Å². The summed E-state index contributed by atoms with van der Waals surface area (Å²) in [6.45, 7) is 3.77. The van der Waals surface area contributed by atoms with Gasteiger partial charge in [-0.1, -0.05) is 26.7 Å². The fourth-order valence-electron chi connectivity index (χ4n) is 2.11. The van der Waals surface area contributed by atoms with E-state index in [1.54, 1.807) is 0 Å². The number of hydrogen-bond acceptors (Lipinski definition) is 3. The number of likely N-dealkylation sites (tertiary alicyclic amines) is 1. The lowest BCUT2D eigenvalue weighted by Gasteiger charge is -2.32. The van der Waals surface area contributed by atoms with Gasteiger partial charge in [-0.3, -0.25) is 14.5 Å². The summed E-state index contributed by atoms with van der Waals surface area (Å²) >= 11 is 0. The normalized spacial score (nSPS) is 19.5.